The van der Waals surface area contributed by atoms with Crippen LogP contribution in [0.25, 0.3) is 0 Å². The highest BCUT2D eigenvalue weighted by molar-refractivity contribution is 6.03. The van der Waals surface area contributed by atoms with Crippen LogP contribution in [0.5, 0.6) is 11.5 Å². The van der Waals surface area contributed by atoms with E-state index >= 15 is 0 Å². The summed E-state index contributed by atoms with van der Waals surface area (Å²) in [4.78, 5) is 44.3. The van der Waals surface area contributed by atoms with Crippen LogP contribution >= 0.6 is 0 Å². The average molecular weight is 581 g/mol. The highest BCUT2D eigenvalue weighted by atomic mass is 16.5. The van der Waals surface area contributed by atoms with E-state index in [1.807, 2.05) is 93.6 Å². The Morgan fingerprint density at radius 2 is 1.67 bits per heavy atom. The number of likely N-dealkylation sites (N-methyl/N-ethyl adjacent to an activating group) is 1. The minimum absolute atomic E-state index is 0.160. The molecular formula is C35H40N4O4. The van der Waals surface area contributed by atoms with Gasteiger partial charge in [-0.05, 0) is 67.5 Å². The fraction of sp³-hybridized carbons (Fsp3) is 0.343. The number of ether oxygens (including phenoxy) is 1. The zero-order chi connectivity index (χ0) is 30.3. The van der Waals surface area contributed by atoms with Crippen molar-refractivity contribution in [1.29, 1.82) is 0 Å². The number of rotatable bonds is 12. The minimum atomic E-state index is -0.657. The van der Waals surface area contributed by atoms with Gasteiger partial charge < -0.3 is 20.3 Å². The summed E-state index contributed by atoms with van der Waals surface area (Å²) < 4.78 is 6.04. The molecule has 8 nitrogen and oxygen atoms in total. The third-order valence-electron chi connectivity index (χ3n) is 7.89. The fourth-order valence-electron chi connectivity index (χ4n) is 5.82. The second-order valence-corrected chi connectivity index (χ2v) is 11.4. The lowest BCUT2D eigenvalue weighted by atomic mass is 9.95. The zero-order valence-electron chi connectivity index (χ0n) is 25.1. The first-order valence-electron chi connectivity index (χ1n) is 15.1. The van der Waals surface area contributed by atoms with Crippen molar-refractivity contribution in [3.63, 3.8) is 0 Å². The molecule has 8 heteroatoms. The van der Waals surface area contributed by atoms with Gasteiger partial charge in [-0.15, -0.1) is 0 Å². The summed E-state index contributed by atoms with van der Waals surface area (Å²) in [5, 5.41) is 6.12. The zero-order valence-corrected chi connectivity index (χ0v) is 25.1. The highest BCUT2D eigenvalue weighted by Crippen LogP contribution is 2.38. The number of carbonyl (C=O) groups is 3. The Kier molecular flexibility index (Phi) is 9.45. The van der Waals surface area contributed by atoms with Gasteiger partial charge >= 0.3 is 6.03 Å². The van der Waals surface area contributed by atoms with Gasteiger partial charge in [-0.25, -0.2) is 4.79 Å². The molecule has 2 heterocycles. The Morgan fingerprint density at radius 1 is 0.977 bits per heavy atom. The lowest BCUT2D eigenvalue weighted by Gasteiger charge is -2.33. The lowest BCUT2D eigenvalue weighted by molar-refractivity contribution is -0.137. The van der Waals surface area contributed by atoms with Crippen LogP contribution in [0.2, 0.25) is 0 Å². The van der Waals surface area contributed by atoms with Crippen molar-refractivity contribution in [3.8, 4) is 11.5 Å². The number of amides is 4. The molecule has 43 heavy (non-hydrogen) atoms. The van der Waals surface area contributed by atoms with Gasteiger partial charge in [0.1, 0.15) is 17.5 Å². The molecule has 4 amide bonds. The summed E-state index contributed by atoms with van der Waals surface area (Å²) in [7, 11) is 0. The van der Waals surface area contributed by atoms with Crippen LogP contribution in [-0.4, -0.2) is 53.3 Å². The molecule has 0 fully saturated rings. The van der Waals surface area contributed by atoms with Crippen molar-refractivity contribution in [3.05, 3.63) is 107 Å². The predicted molar refractivity (Wildman–Crippen MR) is 166 cm³/mol. The molecule has 0 aliphatic carbocycles. The van der Waals surface area contributed by atoms with Crippen LogP contribution in [0.4, 0.5) is 4.79 Å². The highest BCUT2D eigenvalue weighted by Gasteiger charge is 2.46. The van der Waals surface area contributed by atoms with Crippen molar-refractivity contribution in [1.82, 2.24) is 20.4 Å². The van der Waals surface area contributed by atoms with Crippen LogP contribution in [0.3, 0.4) is 0 Å². The van der Waals surface area contributed by atoms with E-state index in [1.165, 1.54) is 5.56 Å². The SMILES string of the molecule is CCN1C(=O)N[C@H](c2cccc(Oc3ccccc3)c2)C2=C1CN([C@H](CC(C)C)C(=O)NCCCc1ccccc1)C2=O. The molecule has 0 unspecified atom stereocenters. The Bertz CT molecular complexity index is 1470. The molecule has 0 saturated heterocycles. The van der Waals surface area contributed by atoms with E-state index in [9.17, 15) is 14.4 Å². The molecule has 0 aromatic heterocycles. The topological polar surface area (TPSA) is 91.0 Å². The normalized spacial score (nSPS) is 17.2. The van der Waals surface area contributed by atoms with Gasteiger partial charge in [0.05, 0.1) is 23.9 Å². The van der Waals surface area contributed by atoms with Crippen molar-refractivity contribution in [2.45, 2.75) is 52.1 Å². The molecule has 0 radical (unpaired) electrons. The van der Waals surface area contributed by atoms with Gasteiger partial charge in [0.15, 0.2) is 0 Å². The minimum Gasteiger partial charge on any atom is -0.457 e. The molecular weight excluding hydrogens is 540 g/mol. The molecule has 2 atom stereocenters. The first-order valence-corrected chi connectivity index (χ1v) is 15.1. The van der Waals surface area contributed by atoms with E-state index in [0.29, 0.717) is 42.3 Å². The van der Waals surface area contributed by atoms with E-state index in [-0.39, 0.29) is 30.3 Å². The standard InChI is InChI=1S/C35H40N4O4/c1-4-38-30-23-39(29(21-24(2)3)33(40)36-20-12-15-25-13-7-5-8-14-25)34(41)31(30)32(37-35(38)42)26-16-11-19-28(22-26)43-27-17-9-6-10-18-27/h5-11,13-14,16-19,22,24,29,32H,4,12,15,20-21,23H2,1-3H3,(H,36,40)(H,37,42)/t29-,32-/m1/s1. The maximum Gasteiger partial charge on any atom is 0.322 e. The summed E-state index contributed by atoms with van der Waals surface area (Å²) >= 11 is 0. The molecule has 5 rings (SSSR count). The summed E-state index contributed by atoms with van der Waals surface area (Å²) in [6.07, 6.45) is 2.19. The molecule has 2 aliphatic rings. The van der Waals surface area contributed by atoms with Gasteiger partial charge in [0.25, 0.3) is 5.91 Å². The van der Waals surface area contributed by atoms with Gasteiger partial charge in [-0.1, -0.05) is 74.5 Å². The Balaban J connectivity index is 1.36. The molecule has 0 spiro atoms. The number of hydrogen-bond acceptors (Lipinski definition) is 4. The van der Waals surface area contributed by atoms with E-state index in [1.54, 1.807) is 9.80 Å². The molecule has 0 saturated carbocycles. The number of benzene rings is 3. The Labute approximate surface area is 253 Å². The van der Waals surface area contributed by atoms with Crippen LogP contribution in [0.15, 0.2) is 96.2 Å². The van der Waals surface area contributed by atoms with Gasteiger partial charge in [0, 0.05) is 13.1 Å². The molecule has 224 valence electrons. The predicted octanol–water partition coefficient (Wildman–Crippen LogP) is 5.83. The smallest absolute Gasteiger partial charge is 0.322 e. The van der Waals surface area contributed by atoms with Crippen LogP contribution < -0.4 is 15.4 Å². The maximum atomic E-state index is 14.2. The Morgan fingerprint density at radius 3 is 2.37 bits per heavy atom. The van der Waals surface area contributed by atoms with Crippen LogP contribution in [0.1, 0.15) is 50.8 Å². The molecule has 0 bridgehead atoms. The largest absolute Gasteiger partial charge is 0.457 e. The van der Waals surface area contributed by atoms with Crippen LogP contribution in [-0.2, 0) is 16.0 Å². The third kappa shape index (κ3) is 6.91. The molecule has 3 aromatic rings. The monoisotopic (exact) mass is 580 g/mol. The van der Waals surface area contributed by atoms with E-state index < -0.39 is 12.1 Å². The second-order valence-electron chi connectivity index (χ2n) is 11.4. The van der Waals surface area contributed by atoms with Gasteiger partial charge in [-0.3, -0.25) is 14.5 Å². The summed E-state index contributed by atoms with van der Waals surface area (Å²) in [5.74, 6) is 1.10. The lowest BCUT2D eigenvalue weighted by Crippen LogP contribution is -2.49. The number of hydrogen-bond donors (Lipinski definition) is 2. The van der Waals surface area contributed by atoms with Crippen molar-refractivity contribution < 1.29 is 19.1 Å². The van der Waals surface area contributed by atoms with Gasteiger partial charge in [-0.2, -0.15) is 0 Å². The van der Waals surface area contributed by atoms with Gasteiger partial charge in [0.2, 0.25) is 5.91 Å². The summed E-state index contributed by atoms with van der Waals surface area (Å²) in [5.41, 5.74) is 3.12. The summed E-state index contributed by atoms with van der Waals surface area (Å²) in [6.45, 7) is 7.13. The van der Waals surface area contributed by atoms with E-state index in [0.717, 1.165) is 18.4 Å². The van der Waals surface area contributed by atoms with Crippen molar-refractivity contribution in [2.75, 3.05) is 19.6 Å². The average Bonchev–Trinajstić information content (AvgIpc) is 3.35. The fourth-order valence-corrected chi connectivity index (χ4v) is 5.82. The van der Waals surface area contributed by atoms with E-state index in [4.69, 9.17) is 4.74 Å². The van der Waals surface area contributed by atoms with E-state index in [2.05, 4.69) is 22.8 Å². The first kappa shape index (κ1) is 29.9. The number of nitrogens with zero attached hydrogens (tertiary/aromatic N) is 2. The summed E-state index contributed by atoms with van der Waals surface area (Å²) in [6, 6.07) is 25.5. The molecule has 2 aliphatic heterocycles. The number of nitrogens with one attached hydrogen (secondary N) is 2. The van der Waals surface area contributed by atoms with Crippen molar-refractivity contribution >= 4 is 17.8 Å². The van der Waals surface area contributed by atoms with Crippen molar-refractivity contribution in [2.24, 2.45) is 5.92 Å². The molecule has 2 N–H and O–H groups in total. The third-order valence-corrected chi connectivity index (χ3v) is 7.89. The number of para-hydroxylation sites is 1. The second kappa shape index (κ2) is 13.6. The van der Waals surface area contributed by atoms with Crippen LogP contribution in [0, 0.1) is 5.92 Å². The molecule has 3 aromatic carbocycles. The Hall–Kier alpha value is -4.59. The quantitative estimate of drug-likeness (QED) is 0.264. The maximum absolute atomic E-state index is 14.2. The number of carbonyl (C=O) groups excluding carboxylic acids is 3. The first-order chi connectivity index (χ1) is 20.9. The number of aryl methyl sites for hydroxylation is 1. The number of urea groups is 1.